The molecule has 0 atom stereocenters. The fourth-order valence-corrected chi connectivity index (χ4v) is 0. The zero-order valence-corrected chi connectivity index (χ0v) is 11.1. The van der Waals surface area contributed by atoms with Gasteiger partial charge in [0.1, 0.15) is 0 Å². The van der Waals surface area contributed by atoms with Crippen LogP contribution < -0.4 is 68.9 Å². The first-order valence-corrected chi connectivity index (χ1v) is 0. The van der Waals surface area contributed by atoms with Crippen molar-refractivity contribution in [3.05, 3.63) is 0 Å². The Kier molecular flexibility index (Phi) is 125. The van der Waals surface area contributed by atoms with Gasteiger partial charge in [-0.1, -0.05) is 0 Å². The van der Waals surface area contributed by atoms with Crippen LogP contribution in [-0.4, -0.2) is 24.4 Å². The van der Waals surface area contributed by atoms with E-state index >= 15 is 0 Å². The second kappa shape index (κ2) is 17.1. The maximum atomic E-state index is 0. The van der Waals surface area contributed by atoms with Crippen molar-refractivity contribution in [3.63, 3.8) is 0 Å². The molecule has 0 saturated heterocycles. The molecule has 0 aliphatic heterocycles. The van der Waals surface area contributed by atoms with Crippen LogP contribution in [0.2, 0.25) is 0 Å². The molecular formula is CsO2Sb. The van der Waals surface area contributed by atoms with E-state index in [4.69, 9.17) is 0 Å². The average molecular weight is 287 g/mol. The predicted molar refractivity (Wildman–Crippen MR) is 7.13 cm³/mol. The third-order valence-corrected chi connectivity index (χ3v) is 0. The van der Waals surface area contributed by atoms with Crippen molar-refractivity contribution in [2.45, 2.75) is 0 Å². The first kappa shape index (κ1) is 29.2. The molecule has 0 spiro atoms. The summed E-state index contributed by atoms with van der Waals surface area (Å²) in [5.41, 5.74) is 0. The van der Waals surface area contributed by atoms with Crippen molar-refractivity contribution in [1.29, 1.82) is 0 Å². The van der Waals surface area contributed by atoms with E-state index in [2.05, 4.69) is 0 Å². The normalized spacial score (nSPS) is 0. The number of hydrogen-bond acceptors (Lipinski definition) is 0. The van der Waals surface area contributed by atoms with Gasteiger partial charge in [-0.2, -0.15) is 0 Å². The zero-order chi connectivity index (χ0) is 0. The maximum absolute atomic E-state index is 0. The largest absolute Gasteiger partial charge is 3.00 e. The van der Waals surface area contributed by atoms with E-state index in [0.717, 1.165) is 0 Å². The van der Waals surface area contributed by atoms with Gasteiger partial charge < -0.3 is 11.0 Å². The van der Waals surface area contributed by atoms with Crippen LogP contribution in [0.15, 0.2) is 0 Å². The molecule has 2 nitrogen and oxygen atoms in total. The first-order valence-electron chi connectivity index (χ1n) is 0. The summed E-state index contributed by atoms with van der Waals surface area (Å²) in [6.45, 7) is 0. The third-order valence-electron chi connectivity index (χ3n) is 0. The van der Waals surface area contributed by atoms with Gasteiger partial charge in [0.05, 0.1) is 0 Å². The van der Waals surface area contributed by atoms with Gasteiger partial charge >= 0.3 is 93.3 Å². The Hall–Kier alpha value is 2.79. The quantitative estimate of drug-likeness (QED) is 0.413. The Morgan fingerprint density at radius 3 is 0.750 bits per heavy atom. The molecular weight excluding hydrogens is 287 g/mol. The average Bonchev–Trinajstić information content (AvgIpc) is 0. The Morgan fingerprint density at radius 2 is 0.750 bits per heavy atom. The van der Waals surface area contributed by atoms with Gasteiger partial charge in [0.15, 0.2) is 0 Å². The summed E-state index contributed by atoms with van der Waals surface area (Å²) in [4.78, 5) is 0. The maximum Gasteiger partial charge on any atom is 3.00 e. The summed E-state index contributed by atoms with van der Waals surface area (Å²) in [6.07, 6.45) is 0. The van der Waals surface area contributed by atoms with Gasteiger partial charge in [-0.15, -0.1) is 0 Å². The second-order valence-electron chi connectivity index (χ2n) is 0. The molecule has 0 rings (SSSR count). The van der Waals surface area contributed by atoms with Crippen molar-refractivity contribution in [1.82, 2.24) is 0 Å². The van der Waals surface area contributed by atoms with Gasteiger partial charge in [0.25, 0.3) is 0 Å². The van der Waals surface area contributed by atoms with Crippen molar-refractivity contribution in [3.8, 4) is 0 Å². The molecule has 0 aliphatic carbocycles. The van der Waals surface area contributed by atoms with E-state index in [1.54, 1.807) is 0 Å². The SMILES string of the molecule is [Cs+].[O-2].[O-2].[Sb+3]. The minimum atomic E-state index is 0. The molecule has 0 aromatic rings. The second-order valence-corrected chi connectivity index (χ2v) is 0. The Morgan fingerprint density at radius 1 is 0.750 bits per heavy atom. The first-order chi connectivity index (χ1) is 0. The van der Waals surface area contributed by atoms with Gasteiger partial charge in [-0.25, -0.2) is 0 Å². The summed E-state index contributed by atoms with van der Waals surface area (Å²) in [5.74, 6) is 0. The number of hydrogen-bond donors (Lipinski definition) is 0. The van der Waals surface area contributed by atoms with E-state index in [0.29, 0.717) is 0 Å². The van der Waals surface area contributed by atoms with E-state index in [1.807, 2.05) is 0 Å². The smallest absolute Gasteiger partial charge is 2.00 e. The molecule has 0 fully saturated rings. The van der Waals surface area contributed by atoms with Crippen LogP contribution in [0, 0.1) is 0 Å². The molecule has 4 heavy (non-hydrogen) atoms. The molecule has 0 aromatic carbocycles. The predicted octanol–water partition coefficient (Wildman–Crippen LogP) is -3.61. The van der Waals surface area contributed by atoms with Crippen LogP contribution in [0.5, 0.6) is 0 Å². The summed E-state index contributed by atoms with van der Waals surface area (Å²) >= 11 is 0. The van der Waals surface area contributed by atoms with Crippen molar-refractivity contribution >= 4 is 24.4 Å². The number of rotatable bonds is 0. The summed E-state index contributed by atoms with van der Waals surface area (Å²) in [5, 5.41) is 0. The molecule has 0 aliphatic rings. The monoisotopic (exact) mass is 286 g/mol. The van der Waals surface area contributed by atoms with Crippen molar-refractivity contribution in [2.75, 3.05) is 0 Å². The molecule has 0 heterocycles. The molecule has 0 N–H and O–H groups in total. The molecule has 0 amide bonds. The molecule has 4 heteroatoms. The van der Waals surface area contributed by atoms with Crippen LogP contribution in [0.3, 0.4) is 0 Å². The molecule has 18 valence electrons. The third kappa shape index (κ3) is 8.84. The van der Waals surface area contributed by atoms with Gasteiger partial charge in [0, 0.05) is 0 Å². The summed E-state index contributed by atoms with van der Waals surface area (Å²) in [7, 11) is 0. The van der Waals surface area contributed by atoms with Crippen LogP contribution in [-0.2, 0) is 11.0 Å². The minimum absolute atomic E-state index is 0. The molecule has 0 aromatic heterocycles. The van der Waals surface area contributed by atoms with E-state index in [-0.39, 0.29) is 104 Å². The van der Waals surface area contributed by atoms with E-state index in [1.165, 1.54) is 0 Å². The molecule has 0 saturated carbocycles. The Labute approximate surface area is 101 Å². The van der Waals surface area contributed by atoms with Gasteiger partial charge in [-0.3, -0.25) is 0 Å². The fourth-order valence-electron chi connectivity index (χ4n) is 0. The van der Waals surface area contributed by atoms with Crippen molar-refractivity contribution in [2.24, 2.45) is 0 Å². The summed E-state index contributed by atoms with van der Waals surface area (Å²) in [6, 6.07) is 0. The Balaban J connectivity index is 0. The minimum Gasteiger partial charge on any atom is -2.00 e. The fraction of sp³-hybridized carbons (Fsp3) is 0. The van der Waals surface area contributed by atoms with Crippen LogP contribution in [0.1, 0.15) is 0 Å². The van der Waals surface area contributed by atoms with E-state index in [9.17, 15) is 0 Å². The molecule has 0 bridgehead atoms. The van der Waals surface area contributed by atoms with Gasteiger partial charge in [0.2, 0.25) is 0 Å². The molecule has 2 radical (unpaired) electrons. The topological polar surface area (TPSA) is 57.0 Å². The van der Waals surface area contributed by atoms with Crippen LogP contribution in [0.25, 0.3) is 0 Å². The van der Waals surface area contributed by atoms with Crippen LogP contribution in [0.4, 0.5) is 0 Å². The zero-order valence-electron chi connectivity index (χ0n) is 2.26. The van der Waals surface area contributed by atoms with Crippen LogP contribution >= 0.6 is 0 Å². The summed E-state index contributed by atoms with van der Waals surface area (Å²) < 4.78 is 0. The van der Waals surface area contributed by atoms with E-state index < -0.39 is 0 Å². The molecule has 0 unspecified atom stereocenters. The van der Waals surface area contributed by atoms with Gasteiger partial charge in [-0.05, 0) is 0 Å². The Bertz CT molecular complexity index is 6.00. The standard InChI is InChI=1S/Cs.2O.Sb/q+1;2*-2;+3. The van der Waals surface area contributed by atoms with Crippen molar-refractivity contribution < 1.29 is 79.8 Å².